The molecule has 0 saturated heterocycles. The Morgan fingerprint density at radius 2 is 2.56 bits per heavy atom. The Kier molecular flexibility index (Phi) is 2.10. The Bertz CT molecular complexity index is 612. The maximum absolute atomic E-state index is 11.3. The van der Waals surface area contributed by atoms with E-state index >= 15 is 0 Å². The SMILES string of the molecule is [2H]C([2H])([2H])OC(=O)Nc1nc2ccc(SC)cc2[nH]1. The first-order chi connectivity index (χ1) is 8.87. The quantitative estimate of drug-likeness (QED) is 0.791. The number of nitrogens with one attached hydrogen (secondary N) is 2. The summed E-state index contributed by atoms with van der Waals surface area (Å²) in [6, 6.07) is 5.59. The van der Waals surface area contributed by atoms with Gasteiger partial charge in [0, 0.05) is 4.90 Å². The monoisotopic (exact) mass is 240 g/mol. The fourth-order valence-corrected chi connectivity index (χ4v) is 1.74. The summed E-state index contributed by atoms with van der Waals surface area (Å²) in [7, 11) is -2.78. The van der Waals surface area contributed by atoms with Gasteiger partial charge in [-0.05, 0) is 24.5 Å². The van der Waals surface area contributed by atoms with Crippen LogP contribution in [0.15, 0.2) is 23.1 Å². The lowest BCUT2D eigenvalue weighted by atomic mass is 10.3. The minimum absolute atomic E-state index is 0.141. The van der Waals surface area contributed by atoms with Gasteiger partial charge in [-0.3, -0.25) is 5.32 Å². The molecule has 6 heteroatoms. The van der Waals surface area contributed by atoms with Crippen LogP contribution in [0, 0.1) is 0 Å². The highest BCUT2D eigenvalue weighted by Gasteiger charge is 2.06. The van der Waals surface area contributed by atoms with Crippen molar-refractivity contribution >= 4 is 34.8 Å². The zero-order chi connectivity index (χ0) is 14.0. The van der Waals surface area contributed by atoms with Crippen LogP contribution in [0.1, 0.15) is 4.11 Å². The third kappa shape index (κ3) is 2.11. The molecule has 0 aliphatic rings. The van der Waals surface area contributed by atoms with E-state index in [-0.39, 0.29) is 5.95 Å². The average molecular weight is 240 g/mol. The van der Waals surface area contributed by atoms with Crippen LogP contribution in [0.3, 0.4) is 0 Å². The van der Waals surface area contributed by atoms with E-state index in [1.54, 1.807) is 17.8 Å². The van der Waals surface area contributed by atoms with Gasteiger partial charge in [-0.1, -0.05) is 0 Å². The Balaban J connectivity index is 2.15. The number of fused-ring (bicyclic) bond motifs is 1. The summed E-state index contributed by atoms with van der Waals surface area (Å²) in [6.45, 7) is 0. The number of hydrogen-bond acceptors (Lipinski definition) is 4. The average Bonchev–Trinajstić information content (AvgIpc) is 2.66. The van der Waals surface area contributed by atoms with Gasteiger partial charge in [0.1, 0.15) is 0 Å². The Morgan fingerprint density at radius 3 is 3.31 bits per heavy atom. The molecule has 0 saturated carbocycles. The zero-order valence-electron chi connectivity index (χ0n) is 11.4. The van der Waals surface area contributed by atoms with Crippen LogP contribution >= 0.6 is 11.8 Å². The minimum atomic E-state index is -2.78. The standard InChI is InChI=1S/C10H11N3O2S/c1-15-10(14)13-9-11-7-4-3-6(16-2)5-8(7)12-9/h3-5H,1-2H3,(H2,11,12,13,14)/i1D3. The van der Waals surface area contributed by atoms with Crippen LogP contribution in [0.4, 0.5) is 10.7 Å². The molecule has 2 rings (SSSR count). The number of nitrogens with zero attached hydrogens (tertiary/aromatic N) is 1. The highest BCUT2D eigenvalue weighted by Crippen LogP contribution is 2.21. The number of thioether (sulfide) groups is 1. The van der Waals surface area contributed by atoms with Crippen molar-refractivity contribution in [3.63, 3.8) is 0 Å². The van der Waals surface area contributed by atoms with Crippen molar-refractivity contribution in [2.75, 3.05) is 18.6 Å². The Labute approximate surface area is 101 Å². The van der Waals surface area contributed by atoms with E-state index in [2.05, 4.69) is 20.0 Å². The van der Waals surface area contributed by atoms with Crippen LogP contribution in [0.25, 0.3) is 11.0 Å². The number of carbonyl (C=O) groups excluding carboxylic acids is 1. The van der Waals surface area contributed by atoms with Crippen LogP contribution in [-0.2, 0) is 4.74 Å². The van der Waals surface area contributed by atoms with Gasteiger partial charge in [-0.15, -0.1) is 11.8 Å². The molecule has 2 N–H and O–H groups in total. The van der Waals surface area contributed by atoms with Crippen molar-refractivity contribution in [2.45, 2.75) is 4.90 Å². The number of methoxy groups -OCH3 is 1. The molecule has 0 bridgehead atoms. The van der Waals surface area contributed by atoms with Gasteiger partial charge in [0.15, 0.2) is 0 Å². The number of aromatic amines is 1. The summed E-state index contributed by atoms with van der Waals surface area (Å²) in [5.41, 5.74) is 1.41. The summed E-state index contributed by atoms with van der Waals surface area (Å²) in [6.07, 6.45) is 0.869. The molecule has 0 spiro atoms. The molecule has 16 heavy (non-hydrogen) atoms. The molecule has 2 aromatic rings. The molecule has 0 aliphatic carbocycles. The second-order valence-corrected chi connectivity index (χ2v) is 3.86. The molecule has 1 aromatic heterocycles. The van der Waals surface area contributed by atoms with E-state index in [1.165, 1.54) is 0 Å². The molecule has 1 heterocycles. The molecule has 1 amide bonds. The lowest BCUT2D eigenvalue weighted by molar-refractivity contribution is 0.186. The van der Waals surface area contributed by atoms with E-state index in [0.29, 0.717) is 5.52 Å². The smallest absolute Gasteiger partial charge is 0.413 e. The number of ether oxygens (including phenoxy) is 1. The van der Waals surface area contributed by atoms with E-state index in [1.807, 2.05) is 18.4 Å². The summed E-state index contributed by atoms with van der Waals surface area (Å²) in [5, 5.41) is 2.23. The first kappa shape index (κ1) is 7.56. The maximum atomic E-state index is 11.3. The van der Waals surface area contributed by atoms with Crippen molar-refractivity contribution in [2.24, 2.45) is 0 Å². The highest BCUT2D eigenvalue weighted by molar-refractivity contribution is 7.98. The second-order valence-electron chi connectivity index (χ2n) is 2.98. The molecule has 0 atom stereocenters. The number of amides is 1. The van der Waals surface area contributed by atoms with E-state index in [4.69, 9.17) is 4.11 Å². The molecule has 5 nitrogen and oxygen atoms in total. The van der Waals surface area contributed by atoms with Gasteiger partial charge in [0.25, 0.3) is 0 Å². The summed E-state index contributed by atoms with van der Waals surface area (Å²) in [5.74, 6) is 0.141. The third-order valence-electron chi connectivity index (χ3n) is 2.00. The normalized spacial score (nSPS) is 13.9. The lowest BCUT2D eigenvalue weighted by Crippen LogP contribution is -2.11. The molecular weight excluding hydrogens is 226 g/mol. The van der Waals surface area contributed by atoms with Crippen LogP contribution < -0.4 is 5.32 Å². The number of aromatic nitrogens is 2. The molecule has 0 radical (unpaired) electrons. The third-order valence-corrected chi connectivity index (χ3v) is 2.73. The highest BCUT2D eigenvalue weighted by atomic mass is 32.2. The summed E-state index contributed by atoms with van der Waals surface area (Å²) < 4.78 is 24.6. The van der Waals surface area contributed by atoms with E-state index in [0.717, 1.165) is 10.4 Å². The number of hydrogen-bond donors (Lipinski definition) is 2. The van der Waals surface area contributed by atoms with Crippen molar-refractivity contribution in [1.82, 2.24) is 9.97 Å². The Hall–Kier alpha value is -1.69. The van der Waals surface area contributed by atoms with Crippen molar-refractivity contribution in [3.05, 3.63) is 18.2 Å². The fraction of sp³-hybridized carbons (Fsp3) is 0.200. The van der Waals surface area contributed by atoms with Crippen LogP contribution in [0.5, 0.6) is 0 Å². The summed E-state index contributed by atoms with van der Waals surface area (Å²) in [4.78, 5) is 19.3. The number of imidazole rings is 1. The van der Waals surface area contributed by atoms with Crippen LogP contribution in [-0.4, -0.2) is 29.4 Å². The number of rotatable bonds is 2. The van der Waals surface area contributed by atoms with Gasteiger partial charge in [0.05, 0.1) is 22.2 Å². The van der Waals surface area contributed by atoms with Gasteiger partial charge in [-0.25, -0.2) is 9.78 Å². The first-order valence-corrected chi connectivity index (χ1v) is 5.63. The van der Waals surface area contributed by atoms with Gasteiger partial charge in [0.2, 0.25) is 5.95 Å². The molecule has 84 valence electrons. The molecule has 0 fully saturated rings. The van der Waals surface area contributed by atoms with Crippen molar-refractivity contribution in [3.8, 4) is 0 Å². The summed E-state index contributed by atoms with van der Waals surface area (Å²) >= 11 is 1.58. The lowest BCUT2D eigenvalue weighted by Gasteiger charge is -1.97. The van der Waals surface area contributed by atoms with Gasteiger partial charge in [-0.2, -0.15) is 0 Å². The van der Waals surface area contributed by atoms with E-state index < -0.39 is 13.1 Å². The predicted octanol–water partition coefficient (Wildman–Crippen LogP) is 2.46. The second kappa shape index (κ2) is 4.44. The maximum Gasteiger partial charge on any atom is 0.413 e. The van der Waals surface area contributed by atoms with Crippen molar-refractivity contribution < 1.29 is 13.6 Å². The topological polar surface area (TPSA) is 67.0 Å². The predicted molar refractivity (Wildman–Crippen MR) is 63.9 cm³/mol. The largest absolute Gasteiger partial charge is 0.453 e. The Morgan fingerprint density at radius 1 is 1.69 bits per heavy atom. The fourth-order valence-electron chi connectivity index (χ4n) is 1.30. The number of carbonyl (C=O) groups is 1. The van der Waals surface area contributed by atoms with Crippen molar-refractivity contribution in [1.29, 1.82) is 0 Å². The number of benzene rings is 1. The van der Waals surface area contributed by atoms with Gasteiger partial charge < -0.3 is 9.72 Å². The molecule has 0 aliphatic heterocycles. The number of H-pyrrole nitrogens is 1. The minimum Gasteiger partial charge on any atom is -0.453 e. The zero-order valence-corrected chi connectivity index (χ0v) is 9.22. The first-order valence-electron chi connectivity index (χ1n) is 5.91. The van der Waals surface area contributed by atoms with Gasteiger partial charge >= 0.3 is 6.09 Å². The number of anilines is 1. The molecule has 0 unspecified atom stereocenters. The van der Waals surface area contributed by atoms with E-state index in [9.17, 15) is 4.79 Å². The molecular formula is C10H11N3O2S. The molecule has 1 aromatic carbocycles. The van der Waals surface area contributed by atoms with Crippen LogP contribution in [0.2, 0.25) is 0 Å².